The Morgan fingerprint density at radius 1 is 0.962 bits per heavy atom. The molecule has 0 saturated carbocycles. The van der Waals surface area contributed by atoms with Crippen molar-refractivity contribution in [2.75, 3.05) is 0 Å². The first-order valence-corrected chi connectivity index (χ1v) is 9.60. The average molecular weight is 427 g/mol. The van der Waals surface area contributed by atoms with Crippen LogP contribution in [0.15, 0.2) is 35.2 Å². The zero-order chi connectivity index (χ0) is 18.7. The van der Waals surface area contributed by atoms with E-state index >= 15 is 0 Å². The van der Waals surface area contributed by atoms with Gasteiger partial charge < -0.3 is 9.66 Å². The van der Waals surface area contributed by atoms with Crippen molar-refractivity contribution in [2.45, 2.75) is 11.3 Å². The maximum atomic E-state index is 11.8. The third-order valence-corrected chi connectivity index (χ3v) is 6.37. The molecular weight excluding hydrogens is 419 g/mol. The lowest BCUT2D eigenvalue weighted by Crippen LogP contribution is -2.07. The molecule has 0 aromatic heterocycles. The monoisotopic (exact) mass is 425 g/mol. The molecule has 0 radical (unpaired) electrons. The molecule has 4 rings (SSSR count). The zero-order valence-corrected chi connectivity index (χ0v) is 15.9. The van der Waals surface area contributed by atoms with Crippen LogP contribution in [0.5, 0.6) is 0 Å². The van der Waals surface area contributed by atoms with Crippen LogP contribution in [-0.2, 0) is 22.3 Å². The van der Waals surface area contributed by atoms with Crippen LogP contribution < -0.4 is 0 Å². The third-order valence-electron chi connectivity index (χ3n) is 4.46. The number of hydrogen-bond donors (Lipinski definition) is 1. The van der Waals surface area contributed by atoms with Gasteiger partial charge in [-0.15, -0.1) is 0 Å². The molecule has 8 heteroatoms. The van der Waals surface area contributed by atoms with Gasteiger partial charge in [0.05, 0.1) is 11.4 Å². The number of carbonyl (C=O) groups is 1. The van der Waals surface area contributed by atoms with Crippen molar-refractivity contribution in [2.24, 2.45) is 0 Å². The average Bonchev–Trinajstić information content (AvgIpc) is 2.56. The lowest BCUT2D eigenvalue weighted by molar-refractivity contribution is -0.136. The molecular formula is C18H8Cl3O4S-. The standard InChI is InChI=1S/C18H9Cl3O4S/c19-12-6-13(20)9-3-4-10-15-7(1-2-8(12)16(9)15)11(5-14(22)23)18(17(10)21)26(24)25/h1-4,6H,5H2,(H,22,23)(H,24,25)/p-1. The molecule has 26 heavy (non-hydrogen) atoms. The predicted octanol–water partition coefficient (Wildman–Crippen LogP) is 5.41. The molecule has 0 aliphatic rings. The normalized spacial score (nSPS) is 13.1. The van der Waals surface area contributed by atoms with Gasteiger partial charge in [-0.3, -0.25) is 9.00 Å². The Labute approximate surface area is 164 Å². The number of carboxylic acids is 1. The van der Waals surface area contributed by atoms with Crippen LogP contribution >= 0.6 is 34.8 Å². The van der Waals surface area contributed by atoms with Crippen molar-refractivity contribution in [1.82, 2.24) is 0 Å². The number of rotatable bonds is 3. The molecule has 0 heterocycles. The third kappa shape index (κ3) is 2.47. The number of hydrogen-bond acceptors (Lipinski definition) is 3. The van der Waals surface area contributed by atoms with Crippen LogP contribution in [0.25, 0.3) is 32.3 Å². The van der Waals surface area contributed by atoms with Crippen LogP contribution in [0.1, 0.15) is 5.56 Å². The Hall–Kier alpha value is -1.63. The van der Waals surface area contributed by atoms with Gasteiger partial charge in [0.2, 0.25) is 0 Å². The van der Waals surface area contributed by atoms with Gasteiger partial charge >= 0.3 is 5.97 Å². The summed E-state index contributed by atoms with van der Waals surface area (Å²) in [6, 6.07) is 8.49. The van der Waals surface area contributed by atoms with Gasteiger partial charge in [0.25, 0.3) is 0 Å². The molecule has 1 atom stereocenters. The van der Waals surface area contributed by atoms with Gasteiger partial charge in [0.1, 0.15) is 0 Å². The smallest absolute Gasteiger partial charge is 0.307 e. The highest BCUT2D eigenvalue weighted by atomic mass is 35.5. The van der Waals surface area contributed by atoms with E-state index in [0.29, 0.717) is 26.2 Å². The van der Waals surface area contributed by atoms with Crippen molar-refractivity contribution < 1.29 is 18.7 Å². The molecule has 4 aromatic carbocycles. The maximum Gasteiger partial charge on any atom is 0.307 e. The molecule has 0 aliphatic heterocycles. The van der Waals surface area contributed by atoms with Crippen molar-refractivity contribution in [3.63, 3.8) is 0 Å². The van der Waals surface area contributed by atoms with Crippen molar-refractivity contribution in [1.29, 1.82) is 0 Å². The van der Waals surface area contributed by atoms with Crippen LogP contribution in [0.2, 0.25) is 15.1 Å². The minimum Gasteiger partial charge on any atom is -0.768 e. The van der Waals surface area contributed by atoms with Crippen LogP contribution in [0.4, 0.5) is 0 Å². The Kier molecular flexibility index (Phi) is 4.25. The summed E-state index contributed by atoms with van der Waals surface area (Å²) >= 11 is 16.3. The minimum absolute atomic E-state index is 0.00687. The Morgan fingerprint density at radius 2 is 1.46 bits per heavy atom. The highest BCUT2D eigenvalue weighted by Crippen LogP contribution is 2.45. The summed E-state index contributed by atoms with van der Waals surface area (Å²) < 4.78 is 23.6. The van der Waals surface area contributed by atoms with Gasteiger partial charge in [0.15, 0.2) is 0 Å². The van der Waals surface area contributed by atoms with Crippen molar-refractivity contribution in [3.8, 4) is 0 Å². The molecule has 1 unspecified atom stereocenters. The summed E-state index contributed by atoms with van der Waals surface area (Å²) in [5.41, 5.74) is 0.147. The Balaban J connectivity index is 2.35. The number of benzene rings is 4. The molecule has 4 nitrogen and oxygen atoms in total. The molecule has 0 saturated heterocycles. The minimum atomic E-state index is -2.69. The fourth-order valence-corrected chi connectivity index (χ4v) is 5.16. The summed E-state index contributed by atoms with van der Waals surface area (Å²) in [5, 5.41) is 14.0. The number of carboxylic acid groups (broad SMARTS) is 1. The molecule has 0 aliphatic carbocycles. The maximum absolute atomic E-state index is 11.8. The summed E-state index contributed by atoms with van der Waals surface area (Å²) in [6.45, 7) is 0. The van der Waals surface area contributed by atoms with Crippen LogP contribution in [0.3, 0.4) is 0 Å². The van der Waals surface area contributed by atoms with Crippen molar-refractivity contribution in [3.05, 3.63) is 51.0 Å². The first-order chi connectivity index (χ1) is 12.3. The Morgan fingerprint density at radius 3 is 2.00 bits per heavy atom. The van der Waals surface area contributed by atoms with Crippen LogP contribution in [0, 0.1) is 0 Å². The first-order valence-electron chi connectivity index (χ1n) is 7.39. The second kappa shape index (κ2) is 6.22. The van der Waals surface area contributed by atoms with E-state index in [0.717, 1.165) is 16.2 Å². The summed E-state index contributed by atoms with van der Waals surface area (Å²) in [5.74, 6) is -1.15. The van der Waals surface area contributed by atoms with E-state index in [2.05, 4.69) is 0 Å². The quantitative estimate of drug-likeness (QED) is 0.351. The number of halogens is 3. The van der Waals surface area contributed by atoms with E-state index in [1.54, 1.807) is 30.3 Å². The van der Waals surface area contributed by atoms with Gasteiger partial charge in [0, 0.05) is 36.5 Å². The number of aliphatic carboxylic acids is 1. The SMILES string of the molecule is O=C(O)Cc1c(S(=O)[O-])c(Cl)c2ccc3c(Cl)cc(Cl)c4ccc1c2c34. The van der Waals surface area contributed by atoms with Crippen molar-refractivity contribution >= 4 is 84.2 Å². The summed E-state index contributed by atoms with van der Waals surface area (Å²) in [6.07, 6.45) is -0.474. The molecule has 0 bridgehead atoms. The lowest BCUT2D eigenvalue weighted by atomic mass is 9.91. The van der Waals surface area contributed by atoms with E-state index in [1.165, 1.54) is 0 Å². The highest BCUT2D eigenvalue weighted by molar-refractivity contribution is 7.79. The van der Waals surface area contributed by atoms with E-state index in [-0.39, 0.29) is 15.5 Å². The molecule has 0 fully saturated rings. The molecule has 0 spiro atoms. The van der Waals surface area contributed by atoms with Crippen LogP contribution in [-0.4, -0.2) is 19.8 Å². The first kappa shape index (κ1) is 17.8. The summed E-state index contributed by atoms with van der Waals surface area (Å²) in [7, 11) is 0. The lowest BCUT2D eigenvalue weighted by Gasteiger charge is -2.20. The van der Waals surface area contributed by atoms with E-state index in [1.807, 2.05) is 0 Å². The highest BCUT2D eigenvalue weighted by Gasteiger charge is 2.22. The summed E-state index contributed by atoms with van der Waals surface area (Å²) in [4.78, 5) is 11.1. The Bertz CT molecular complexity index is 1230. The molecule has 1 N–H and O–H groups in total. The van der Waals surface area contributed by atoms with Gasteiger partial charge in [-0.25, -0.2) is 0 Å². The molecule has 132 valence electrons. The fraction of sp³-hybridized carbons (Fsp3) is 0.0556. The second-order valence-corrected chi connectivity index (χ2v) is 7.91. The second-order valence-electron chi connectivity index (χ2n) is 5.84. The fourth-order valence-electron chi connectivity index (χ4n) is 3.47. The predicted molar refractivity (Wildman–Crippen MR) is 104 cm³/mol. The molecule has 0 amide bonds. The van der Waals surface area contributed by atoms with Gasteiger partial charge in [-0.05, 0) is 33.5 Å². The largest absolute Gasteiger partial charge is 0.768 e. The molecule has 4 aromatic rings. The zero-order valence-electron chi connectivity index (χ0n) is 12.8. The van der Waals surface area contributed by atoms with E-state index < -0.39 is 23.5 Å². The van der Waals surface area contributed by atoms with E-state index in [4.69, 9.17) is 34.8 Å². The van der Waals surface area contributed by atoms with E-state index in [9.17, 15) is 18.7 Å². The van der Waals surface area contributed by atoms with Gasteiger partial charge in [-0.2, -0.15) is 0 Å². The van der Waals surface area contributed by atoms with Gasteiger partial charge in [-0.1, -0.05) is 59.1 Å². The topological polar surface area (TPSA) is 77.4 Å².